The first kappa shape index (κ1) is 30.7. The summed E-state index contributed by atoms with van der Waals surface area (Å²) in [7, 11) is -2.87. The Morgan fingerprint density at radius 3 is 2.68 bits per heavy atom. The monoisotopic (exact) mass is 608 g/mol. The van der Waals surface area contributed by atoms with E-state index in [0.717, 1.165) is 37.8 Å². The number of benzene rings is 2. The van der Waals surface area contributed by atoms with Crippen LogP contribution in [0, 0.1) is 17.7 Å². The number of hydrogen-bond acceptors (Lipinski definition) is 7. The Kier molecular flexibility index (Phi) is 10.2. The van der Waals surface area contributed by atoms with Crippen LogP contribution in [0.15, 0.2) is 42.5 Å². The van der Waals surface area contributed by atoms with Crippen LogP contribution in [0.1, 0.15) is 49.1 Å². The van der Waals surface area contributed by atoms with Gasteiger partial charge in [0.05, 0.1) is 11.8 Å². The van der Waals surface area contributed by atoms with Gasteiger partial charge in [-0.05, 0) is 86.7 Å². The van der Waals surface area contributed by atoms with E-state index < -0.39 is 22.6 Å². The number of fused-ring (bicyclic) bond motifs is 2. The average molecular weight is 609 g/mol. The van der Waals surface area contributed by atoms with E-state index in [4.69, 9.17) is 22.1 Å². The van der Waals surface area contributed by atoms with Crippen molar-refractivity contribution in [1.29, 1.82) is 0 Å². The number of carbonyl (C=O) groups is 1. The van der Waals surface area contributed by atoms with Gasteiger partial charge < -0.3 is 21.1 Å². The third-order valence-electron chi connectivity index (χ3n) is 8.89. The van der Waals surface area contributed by atoms with Gasteiger partial charge in [-0.1, -0.05) is 29.8 Å². The van der Waals surface area contributed by atoms with Crippen molar-refractivity contribution in [1.82, 2.24) is 9.62 Å². The van der Waals surface area contributed by atoms with Crippen LogP contribution < -0.4 is 16.4 Å². The highest BCUT2D eigenvalue weighted by Crippen LogP contribution is 2.49. The van der Waals surface area contributed by atoms with Gasteiger partial charge in [-0.25, -0.2) is 8.70 Å². The molecule has 0 spiro atoms. The number of nitrogens with two attached hydrogens (primary N) is 1. The number of amides is 1. The van der Waals surface area contributed by atoms with Crippen molar-refractivity contribution < 1.29 is 23.0 Å². The molecule has 1 amide bonds. The molecule has 11 heteroatoms. The van der Waals surface area contributed by atoms with Gasteiger partial charge in [0.2, 0.25) is 5.91 Å². The molecule has 5 atom stereocenters. The lowest BCUT2D eigenvalue weighted by atomic mass is 9.76. The SMILES string of the molecule is N[C@H](C(=O)Nc1cccc(F)c1CC[C@H]1CNC[C@H]2CCCS(O)(O)N1C2)[C@@H](c1ccc(Cl)cc1)C1CCOCC1. The quantitative estimate of drug-likeness (QED) is 0.278. The predicted molar refractivity (Wildman–Crippen MR) is 163 cm³/mol. The van der Waals surface area contributed by atoms with Gasteiger partial charge in [0.1, 0.15) is 5.82 Å². The Labute approximate surface area is 248 Å². The van der Waals surface area contributed by atoms with Crippen molar-refractivity contribution in [3.8, 4) is 0 Å². The molecular weight excluding hydrogens is 567 g/mol. The lowest BCUT2D eigenvalue weighted by Gasteiger charge is -2.45. The minimum absolute atomic E-state index is 0.156. The zero-order chi connectivity index (χ0) is 29.0. The molecule has 0 saturated carbocycles. The van der Waals surface area contributed by atoms with E-state index in [9.17, 15) is 13.9 Å². The number of nitrogens with zero attached hydrogens (tertiary/aromatic N) is 1. The van der Waals surface area contributed by atoms with Crippen molar-refractivity contribution in [2.24, 2.45) is 17.6 Å². The number of rotatable bonds is 8. The molecule has 3 aliphatic heterocycles. The van der Waals surface area contributed by atoms with Gasteiger partial charge in [-0.15, -0.1) is 10.8 Å². The first-order valence-corrected chi connectivity index (χ1v) is 16.7. The summed E-state index contributed by atoms with van der Waals surface area (Å²) in [5.74, 6) is -0.117. The fourth-order valence-electron chi connectivity index (χ4n) is 6.66. The van der Waals surface area contributed by atoms with Gasteiger partial charge >= 0.3 is 0 Å². The van der Waals surface area contributed by atoms with Gasteiger partial charge in [0.25, 0.3) is 0 Å². The van der Waals surface area contributed by atoms with Crippen molar-refractivity contribution in [2.45, 2.75) is 56.5 Å². The second-order valence-electron chi connectivity index (χ2n) is 11.6. The lowest BCUT2D eigenvalue weighted by Crippen LogP contribution is -2.44. The maximum absolute atomic E-state index is 15.2. The van der Waals surface area contributed by atoms with Crippen LogP contribution in [0.25, 0.3) is 0 Å². The van der Waals surface area contributed by atoms with Crippen molar-refractivity contribution in [3.63, 3.8) is 0 Å². The van der Waals surface area contributed by atoms with Crippen molar-refractivity contribution in [3.05, 3.63) is 64.4 Å². The predicted octanol–water partition coefficient (Wildman–Crippen LogP) is 5.24. The second kappa shape index (κ2) is 13.7. The Morgan fingerprint density at radius 1 is 1.17 bits per heavy atom. The largest absolute Gasteiger partial charge is 0.381 e. The number of anilines is 1. The number of ether oxygens (including phenoxy) is 1. The van der Waals surface area contributed by atoms with Crippen LogP contribution in [-0.2, 0) is 16.0 Å². The molecule has 5 rings (SSSR count). The van der Waals surface area contributed by atoms with Crippen molar-refractivity contribution >= 4 is 34.0 Å². The molecule has 41 heavy (non-hydrogen) atoms. The summed E-state index contributed by atoms with van der Waals surface area (Å²) in [6.07, 6.45) is 4.19. The highest BCUT2D eigenvalue weighted by molar-refractivity contribution is 8.22. The molecule has 3 aliphatic rings. The highest BCUT2D eigenvalue weighted by Gasteiger charge is 2.37. The van der Waals surface area contributed by atoms with E-state index in [1.165, 1.54) is 6.07 Å². The van der Waals surface area contributed by atoms with Crippen LogP contribution in [0.3, 0.4) is 0 Å². The van der Waals surface area contributed by atoms with E-state index >= 15 is 4.39 Å². The van der Waals surface area contributed by atoms with Crippen LogP contribution in [0.5, 0.6) is 0 Å². The van der Waals surface area contributed by atoms with Crippen LogP contribution in [0.4, 0.5) is 10.1 Å². The molecule has 3 saturated heterocycles. The molecule has 1 unspecified atom stereocenters. The summed E-state index contributed by atoms with van der Waals surface area (Å²) in [4.78, 5) is 13.6. The van der Waals surface area contributed by atoms with Gasteiger partial charge in [-0.2, -0.15) is 0 Å². The summed E-state index contributed by atoms with van der Waals surface area (Å²) in [5.41, 5.74) is 8.40. The summed E-state index contributed by atoms with van der Waals surface area (Å²) < 4.78 is 44.4. The summed E-state index contributed by atoms with van der Waals surface area (Å²) in [5, 5.41) is 7.01. The maximum Gasteiger partial charge on any atom is 0.241 e. The molecule has 2 bridgehead atoms. The zero-order valence-electron chi connectivity index (χ0n) is 23.3. The van der Waals surface area contributed by atoms with Gasteiger partial charge in [-0.3, -0.25) is 13.9 Å². The Balaban J connectivity index is 1.33. The van der Waals surface area contributed by atoms with Crippen LogP contribution >= 0.6 is 22.4 Å². The summed E-state index contributed by atoms with van der Waals surface area (Å²) >= 11 is 6.13. The Hall–Kier alpha value is -1.76. The Morgan fingerprint density at radius 2 is 1.93 bits per heavy atom. The number of hydrogen-bond donors (Lipinski definition) is 5. The number of carbonyl (C=O) groups excluding carboxylic acids is 1. The minimum Gasteiger partial charge on any atom is -0.381 e. The maximum atomic E-state index is 15.2. The van der Waals surface area contributed by atoms with Crippen LogP contribution in [0.2, 0.25) is 5.02 Å². The van der Waals surface area contributed by atoms with Crippen LogP contribution in [-0.4, -0.2) is 70.0 Å². The van der Waals surface area contributed by atoms with E-state index in [2.05, 4.69) is 10.6 Å². The number of halogens is 2. The summed E-state index contributed by atoms with van der Waals surface area (Å²) in [6.45, 7) is 3.30. The van der Waals surface area contributed by atoms with E-state index in [-0.39, 0.29) is 23.8 Å². The van der Waals surface area contributed by atoms with E-state index in [1.54, 1.807) is 12.1 Å². The molecular formula is C30H42ClFN4O4S. The van der Waals surface area contributed by atoms with E-state index in [0.29, 0.717) is 67.1 Å². The standard InChI is InChI=1S/C30H42ClFN4O4S/c31-23-8-6-21(7-9-23)28(22-12-14-40-15-13-22)29(33)30(37)35-27-5-1-4-26(32)25(27)11-10-24-18-34-17-20-3-2-16-41(38,39)36(24)19-20/h1,4-9,20,22,24,28-29,34,38-39H,2-3,10-19,33H2,(H,35,37)/t20-,24+,28+,29+/m1/s1. The lowest BCUT2D eigenvalue weighted by molar-refractivity contribution is -0.118. The highest BCUT2D eigenvalue weighted by atomic mass is 35.5. The van der Waals surface area contributed by atoms with Crippen molar-refractivity contribution in [2.75, 3.05) is 43.9 Å². The molecule has 3 heterocycles. The second-order valence-corrected chi connectivity index (χ2v) is 14.2. The minimum atomic E-state index is -2.87. The molecule has 6 N–H and O–H groups in total. The van der Waals surface area contributed by atoms with Gasteiger partial charge in [0.15, 0.2) is 0 Å². The normalized spacial score (nSPS) is 27.2. The topological polar surface area (TPSA) is 120 Å². The van der Waals surface area contributed by atoms with Gasteiger partial charge in [0, 0.05) is 54.5 Å². The summed E-state index contributed by atoms with van der Waals surface area (Å²) in [6, 6.07) is 11.1. The first-order valence-electron chi connectivity index (χ1n) is 14.6. The molecule has 0 aromatic heterocycles. The fourth-order valence-corrected chi connectivity index (χ4v) is 8.68. The molecule has 8 nitrogen and oxygen atoms in total. The third-order valence-corrected chi connectivity index (χ3v) is 11.2. The molecule has 226 valence electrons. The van der Waals surface area contributed by atoms with E-state index in [1.807, 2.05) is 28.6 Å². The molecule has 2 aromatic carbocycles. The molecule has 0 aliphatic carbocycles. The third kappa shape index (κ3) is 7.43. The average Bonchev–Trinajstić information content (AvgIpc) is 3.25. The fraction of sp³-hybridized carbons (Fsp3) is 0.567. The molecule has 2 aromatic rings. The Bertz CT molecular complexity index is 1180. The zero-order valence-corrected chi connectivity index (χ0v) is 24.9. The molecule has 3 fully saturated rings. The first-order chi connectivity index (χ1) is 19.7. The molecule has 0 radical (unpaired) electrons. The smallest absolute Gasteiger partial charge is 0.241 e. The number of nitrogens with one attached hydrogen (secondary N) is 2.